The lowest BCUT2D eigenvalue weighted by Crippen LogP contribution is -2.35. The molecule has 0 fully saturated rings. The van der Waals surface area contributed by atoms with E-state index in [-0.39, 0.29) is 18.4 Å². The Morgan fingerprint density at radius 3 is 2.68 bits per heavy atom. The molecular formula is C18H17ClN4O2. The third kappa shape index (κ3) is 3.64. The van der Waals surface area contributed by atoms with Crippen LogP contribution >= 0.6 is 11.6 Å². The van der Waals surface area contributed by atoms with Gasteiger partial charge in [0.05, 0.1) is 17.3 Å². The molecule has 0 aliphatic rings. The largest absolute Gasteiger partial charge is 0.331 e. The number of likely N-dealkylation sites (N-methyl/N-ethyl adjacent to an activating group) is 1. The Kier molecular flexibility index (Phi) is 4.72. The molecule has 128 valence electrons. The van der Waals surface area contributed by atoms with Crippen molar-refractivity contribution in [2.75, 3.05) is 18.9 Å². The van der Waals surface area contributed by atoms with E-state index < -0.39 is 0 Å². The van der Waals surface area contributed by atoms with Crippen molar-refractivity contribution in [3.8, 4) is 0 Å². The summed E-state index contributed by atoms with van der Waals surface area (Å²) >= 11 is 6.02. The average Bonchev–Trinajstić information content (AvgIpc) is 3.02. The molecule has 3 aromatic rings. The summed E-state index contributed by atoms with van der Waals surface area (Å²) in [5.41, 5.74) is 2.47. The van der Waals surface area contributed by atoms with Crippen LogP contribution in [0, 0.1) is 6.92 Å². The fraction of sp³-hybridized carbons (Fsp3) is 0.167. The van der Waals surface area contributed by atoms with Crippen molar-refractivity contribution < 1.29 is 9.59 Å². The van der Waals surface area contributed by atoms with Crippen LogP contribution in [0.2, 0.25) is 5.02 Å². The number of para-hydroxylation sites is 1. The first-order chi connectivity index (χ1) is 12.0. The second-order valence-corrected chi connectivity index (χ2v) is 6.12. The van der Waals surface area contributed by atoms with Gasteiger partial charge in [0.25, 0.3) is 5.91 Å². The lowest BCUT2D eigenvalue weighted by molar-refractivity contribution is -0.116. The number of nitrogens with one attached hydrogen (secondary N) is 1. The topological polar surface area (TPSA) is 66.7 Å². The summed E-state index contributed by atoms with van der Waals surface area (Å²) in [6.45, 7) is 1.83. The Balaban J connectivity index is 1.70. The quantitative estimate of drug-likeness (QED) is 0.781. The molecule has 1 aromatic carbocycles. The first kappa shape index (κ1) is 17.0. The van der Waals surface area contributed by atoms with Gasteiger partial charge in [0.2, 0.25) is 5.91 Å². The minimum atomic E-state index is -0.330. The van der Waals surface area contributed by atoms with Crippen LogP contribution in [0.25, 0.3) is 5.65 Å². The van der Waals surface area contributed by atoms with Gasteiger partial charge < -0.3 is 14.6 Å². The summed E-state index contributed by atoms with van der Waals surface area (Å²) in [5, 5.41) is 3.14. The molecule has 0 atom stereocenters. The van der Waals surface area contributed by atoms with Gasteiger partial charge in [-0.3, -0.25) is 9.59 Å². The van der Waals surface area contributed by atoms with Gasteiger partial charge in [-0.1, -0.05) is 29.8 Å². The van der Waals surface area contributed by atoms with Crippen molar-refractivity contribution in [3.63, 3.8) is 0 Å². The van der Waals surface area contributed by atoms with Crippen LogP contribution in [-0.2, 0) is 4.79 Å². The number of hydrogen-bond donors (Lipinski definition) is 1. The zero-order valence-electron chi connectivity index (χ0n) is 13.9. The predicted octanol–water partition coefficient (Wildman–Crippen LogP) is 3.01. The maximum atomic E-state index is 12.5. The molecule has 25 heavy (non-hydrogen) atoms. The number of amides is 2. The van der Waals surface area contributed by atoms with Crippen LogP contribution in [0.5, 0.6) is 0 Å². The molecular weight excluding hydrogens is 340 g/mol. The summed E-state index contributed by atoms with van der Waals surface area (Å²) in [7, 11) is 1.56. The van der Waals surface area contributed by atoms with Gasteiger partial charge in [0.1, 0.15) is 11.3 Å². The normalized spacial score (nSPS) is 10.7. The van der Waals surface area contributed by atoms with E-state index in [0.29, 0.717) is 22.1 Å². The highest BCUT2D eigenvalue weighted by Crippen LogP contribution is 2.20. The van der Waals surface area contributed by atoms with Crippen LogP contribution in [0.3, 0.4) is 0 Å². The highest BCUT2D eigenvalue weighted by atomic mass is 35.5. The molecule has 0 bridgehead atoms. The molecule has 3 rings (SSSR count). The van der Waals surface area contributed by atoms with E-state index in [9.17, 15) is 9.59 Å². The van der Waals surface area contributed by atoms with E-state index in [2.05, 4.69) is 10.3 Å². The zero-order chi connectivity index (χ0) is 18.0. The van der Waals surface area contributed by atoms with Crippen LogP contribution < -0.4 is 5.32 Å². The Bertz CT molecular complexity index is 951. The second-order valence-electron chi connectivity index (χ2n) is 5.71. The molecule has 0 radical (unpaired) electrons. The monoisotopic (exact) mass is 356 g/mol. The lowest BCUT2D eigenvalue weighted by atomic mass is 10.3. The molecule has 0 aliphatic carbocycles. The number of halogens is 1. The van der Waals surface area contributed by atoms with Crippen molar-refractivity contribution in [2.24, 2.45) is 0 Å². The molecule has 0 saturated heterocycles. The summed E-state index contributed by atoms with van der Waals surface area (Å²) in [6, 6.07) is 12.6. The summed E-state index contributed by atoms with van der Waals surface area (Å²) in [5.74, 6) is -0.652. The number of imidazole rings is 1. The molecule has 0 unspecified atom stereocenters. The molecule has 1 N–H and O–H groups in total. The summed E-state index contributed by atoms with van der Waals surface area (Å²) in [4.78, 5) is 30.3. The third-order valence-corrected chi connectivity index (χ3v) is 4.12. The third-order valence-electron chi connectivity index (χ3n) is 3.79. The van der Waals surface area contributed by atoms with Gasteiger partial charge in [0.15, 0.2) is 0 Å². The number of benzene rings is 1. The number of nitrogens with zero attached hydrogens (tertiary/aromatic N) is 3. The minimum absolute atomic E-state index is 0.100. The van der Waals surface area contributed by atoms with Gasteiger partial charge >= 0.3 is 0 Å². The Morgan fingerprint density at radius 2 is 1.96 bits per heavy atom. The van der Waals surface area contributed by atoms with Crippen LogP contribution in [0.15, 0.2) is 48.7 Å². The van der Waals surface area contributed by atoms with Crippen molar-refractivity contribution >= 4 is 34.7 Å². The molecule has 2 aromatic heterocycles. The number of anilines is 1. The lowest BCUT2D eigenvalue weighted by Gasteiger charge is -2.15. The first-order valence-electron chi connectivity index (χ1n) is 7.70. The maximum Gasteiger partial charge on any atom is 0.274 e. The van der Waals surface area contributed by atoms with Crippen LogP contribution in [0.1, 0.15) is 16.2 Å². The summed E-state index contributed by atoms with van der Waals surface area (Å²) in [6.07, 6.45) is 1.68. The fourth-order valence-corrected chi connectivity index (χ4v) is 2.67. The predicted molar refractivity (Wildman–Crippen MR) is 97.0 cm³/mol. The smallest absolute Gasteiger partial charge is 0.274 e. The van der Waals surface area contributed by atoms with Gasteiger partial charge in [-0.05, 0) is 31.2 Å². The molecule has 6 nitrogen and oxygen atoms in total. The highest BCUT2D eigenvalue weighted by molar-refractivity contribution is 6.33. The minimum Gasteiger partial charge on any atom is -0.331 e. The van der Waals surface area contributed by atoms with Gasteiger partial charge in [-0.2, -0.15) is 0 Å². The number of carbonyl (C=O) groups is 2. The number of aromatic nitrogens is 2. The highest BCUT2D eigenvalue weighted by Gasteiger charge is 2.18. The van der Waals surface area contributed by atoms with E-state index in [0.717, 1.165) is 5.69 Å². The molecule has 2 amide bonds. The molecule has 7 heteroatoms. The molecule has 0 saturated carbocycles. The van der Waals surface area contributed by atoms with Crippen molar-refractivity contribution in [1.29, 1.82) is 0 Å². The van der Waals surface area contributed by atoms with E-state index in [1.165, 1.54) is 4.90 Å². The van der Waals surface area contributed by atoms with E-state index in [4.69, 9.17) is 11.6 Å². The standard InChI is InChI=1S/C18H17ClN4O2/c1-12-6-5-9-16-20-15(10-23(12)16)18(25)22(2)11-17(24)21-14-8-4-3-7-13(14)19/h3-10H,11H2,1-2H3,(H,21,24). The Hall–Kier alpha value is -2.86. The van der Waals surface area contributed by atoms with Gasteiger partial charge in [-0.15, -0.1) is 0 Å². The maximum absolute atomic E-state index is 12.5. The SMILES string of the molecule is Cc1cccc2nc(C(=O)N(C)CC(=O)Nc3ccccc3Cl)cn12. The molecule has 0 spiro atoms. The first-order valence-corrected chi connectivity index (χ1v) is 8.08. The number of hydrogen-bond acceptors (Lipinski definition) is 3. The van der Waals surface area contributed by atoms with Crippen molar-refractivity contribution in [2.45, 2.75) is 6.92 Å². The molecule has 0 aliphatic heterocycles. The van der Waals surface area contributed by atoms with Crippen LogP contribution in [0.4, 0.5) is 5.69 Å². The number of carbonyl (C=O) groups excluding carboxylic acids is 2. The van der Waals surface area contributed by atoms with E-state index >= 15 is 0 Å². The Morgan fingerprint density at radius 1 is 1.20 bits per heavy atom. The average molecular weight is 357 g/mol. The van der Waals surface area contributed by atoms with E-state index in [1.54, 1.807) is 37.5 Å². The number of rotatable bonds is 4. The number of fused-ring (bicyclic) bond motifs is 1. The summed E-state index contributed by atoms with van der Waals surface area (Å²) < 4.78 is 1.84. The molecule has 2 heterocycles. The Labute approximate surface area is 150 Å². The zero-order valence-corrected chi connectivity index (χ0v) is 14.6. The van der Waals surface area contributed by atoms with Gasteiger partial charge in [0, 0.05) is 18.9 Å². The fourth-order valence-electron chi connectivity index (χ4n) is 2.49. The van der Waals surface area contributed by atoms with Crippen molar-refractivity contribution in [3.05, 3.63) is 65.1 Å². The number of aryl methyl sites for hydroxylation is 1. The van der Waals surface area contributed by atoms with Gasteiger partial charge in [-0.25, -0.2) is 4.98 Å². The number of pyridine rings is 1. The van der Waals surface area contributed by atoms with Crippen LogP contribution in [-0.4, -0.2) is 39.7 Å². The van der Waals surface area contributed by atoms with Crippen molar-refractivity contribution in [1.82, 2.24) is 14.3 Å². The van der Waals surface area contributed by atoms with E-state index in [1.807, 2.05) is 29.5 Å². The second kappa shape index (κ2) is 6.94.